The molecule has 1 aromatic rings. The van der Waals surface area contributed by atoms with Crippen LogP contribution in [0, 0.1) is 0 Å². The molecule has 0 fully saturated rings. The highest BCUT2D eigenvalue weighted by atomic mass is 16.5. The van der Waals surface area contributed by atoms with Crippen molar-refractivity contribution in [3.8, 4) is 0 Å². The van der Waals surface area contributed by atoms with E-state index in [2.05, 4.69) is 10.2 Å². The number of anilines is 1. The summed E-state index contributed by atoms with van der Waals surface area (Å²) in [6.07, 6.45) is 2.36. The number of nitrogens with one attached hydrogen (secondary N) is 1. The van der Waals surface area contributed by atoms with Crippen LogP contribution in [0.15, 0.2) is 6.20 Å². The van der Waals surface area contributed by atoms with Crippen molar-refractivity contribution in [1.29, 1.82) is 0 Å². The second-order valence-electron chi connectivity index (χ2n) is 3.44. The summed E-state index contributed by atoms with van der Waals surface area (Å²) in [6, 6.07) is 0. The maximum absolute atomic E-state index is 5.65. The fraction of sp³-hybridized carbons (Fsp3) is 0.625. The highest BCUT2D eigenvalue weighted by molar-refractivity contribution is 5.40. The smallest absolute Gasteiger partial charge is 0.0731 e. The number of nitrogens with zero attached hydrogens (tertiary/aromatic N) is 1. The van der Waals surface area contributed by atoms with Gasteiger partial charge in [-0.2, -0.15) is 5.10 Å². The number of ether oxygens (including phenoxy) is 1. The maximum atomic E-state index is 5.65. The first kappa shape index (κ1) is 9.06. The Bertz CT molecular complexity index is 255. The number of nitrogen functional groups attached to an aromatic ring is 1. The van der Waals surface area contributed by atoms with E-state index in [-0.39, 0.29) is 5.60 Å². The molecule has 1 aromatic heterocycles. The lowest BCUT2D eigenvalue weighted by molar-refractivity contribution is 0.0225. The summed E-state index contributed by atoms with van der Waals surface area (Å²) in [6.45, 7) is 4.01. The summed E-state index contributed by atoms with van der Waals surface area (Å²) < 4.78 is 5.26. The van der Waals surface area contributed by atoms with Crippen molar-refractivity contribution >= 4 is 5.69 Å². The van der Waals surface area contributed by atoms with E-state index in [1.54, 1.807) is 13.3 Å². The van der Waals surface area contributed by atoms with Crippen LogP contribution in [0.2, 0.25) is 0 Å². The second kappa shape index (κ2) is 3.15. The molecule has 0 bridgehead atoms. The van der Waals surface area contributed by atoms with Crippen LogP contribution >= 0.6 is 0 Å². The van der Waals surface area contributed by atoms with Gasteiger partial charge in [0.15, 0.2) is 0 Å². The molecular weight excluding hydrogens is 154 g/mol. The van der Waals surface area contributed by atoms with Crippen molar-refractivity contribution in [3.05, 3.63) is 11.9 Å². The van der Waals surface area contributed by atoms with Crippen LogP contribution in [-0.4, -0.2) is 22.9 Å². The van der Waals surface area contributed by atoms with Gasteiger partial charge in [0.1, 0.15) is 0 Å². The van der Waals surface area contributed by atoms with Gasteiger partial charge in [0.05, 0.1) is 23.2 Å². The molecular formula is C8H15N3O. The lowest BCUT2D eigenvalue weighted by Crippen LogP contribution is -2.26. The van der Waals surface area contributed by atoms with Gasteiger partial charge in [-0.15, -0.1) is 0 Å². The predicted octanol–water partition coefficient (Wildman–Crippen LogP) is 0.959. The average molecular weight is 169 g/mol. The summed E-state index contributed by atoms with van der Waals surface area (Å²) >= 11 is 0. The normalized spacial score (nSPS) is 11.9. The number of aromatic amines is 1. The Kier molecular flexibility index (Phi) is 2.38. The van der Waals surface area contributed by atoms with Gasteiger partial charge in [-0.05, 0) is 13.8 Å². The van der Waals surface area contributed by atoms with Crippen molar-refractivity contribution in [2.75, 3.05) is 12.8 Å². The fourth-order valence-corrected chi connectivity index (χ4v) is 0.962. The fourth-order valence-electron chi connectivity index (χ4n) is 0.962. The molecule has 0 aliphatic rings. The van der Waals surface area contributed by atoms with E-state index in [9.17, 15) is 0 Å². The Morgan fingerprint density at radius 3 is 2.75 bits per heavy atom. The molecule has 0 spiro atoms. The first-order chi connectivity index (χ1) is 5.55. The summed E-state index contributed by atoms with van der Waals surface area (Å²) in [4.78, 5) is 0. The molecule has 1 heterocycles. The third-order valence-corrected chi connectivity index (χ3v) is 1.91. The Hall–Kier alpha value is -1.03. The van der Waals surface area contributed by atoms with Gasteiger partial charge in [-0.1, -0.05) is 0 Å². The molecule has 4 nitrogen and oxygen atoms in total. The van der Waals surface area contributed by atoms with Crippen LogP contribution < -0.4 is 5.73 Å². The SMILES string of the molecule is COC(C)(C)Cc1[nH]ncc1N. The Balaban J connectivity index is 2.70. The largest absolute Gasteiger partial charge is 0.396 e. The molecule has 0 atom stereocenters. The summed E-state index contributed by atoms with van der Waals surface area (Å²) in [7, 11) is 1.69. The summed E-state index contributed by atoms with van der Waals surface area (Å²) in [5.74, 6) is 0. The van der Waals surface area contributed by atoms with Crippen molar-refractivity contribution < 1.29 is 4.74 Å². The van der Waals surface area contributed by atoms with Crippen LogP contribution in [0.25, 0.3) is 0 Å². The van der Waals surface area contributed by atoms with E-state index in [0.29, 0.717) is 5.69 Å². The molecule has 0 aromatic carbocycles. The standard InChI is InChI=1S/C8H15N3O/c1-8(2,12-3)4-7-6(9)5-10-11-7/h5H,4,9H2,1-3H3,(H,10,11). The molecule has 0 aliphatic carbocycles. The molecule has 4 heteroatoms. The molecule has 0 saturated carbocycles. The minimum atomic E-state index is -0.194. The average Bonchev–Trinajstić information content (AvgIpc) is 2.36. The molecule has 0 amide bonds. The van der Waals surface area contributed by atoms with Crippen LogP contribution in [0.1, 0.15) is 19.5 Å². The van der Waals surface area contributed by atoms with E-state index in [1.165, 1.54) is 0 Å². The first-order valence-corrected chi connectivity index (χ1v) is 3.88. The zero-order chi connectivity index (χ0) is 9.19. The second-order valence-corrected chi connectivity index (χ2v) is 3.44. The summed E-state index contributed by atoms with van der Waals surface area (Å²) in [5, 5.41) is 6.68. The first-order valence-electron chi connectivity index (χ1n) is 3.88. The van der Waals surface area contributed by atoms with Crippen molar-refractivity contribution in [2.24, 2.45) is 0 Å². The highest BCUT2D eigenvalue weighted by Gasteiger charge is 2.19. The van der Waals surface area contributed by atoms with Crippen LogP contribution in [0.4, 0.5) is 5.69 Å². The van der Waals surface area contributed by atoms with Gasteiger partial charge in [0, 0.05) is 13.5 Å². The Morgan fingerprint density at radius 1 is 1.67 bits per heavy atom. The van der Waals surface area contributed by atoms with Crippen LogP contribution in [-0.2, 0) is 11.2 Å². The number of rotatable bonds is 3. The lowest BCUT2D eigenvalue weighted by Gasteiger charge is -2.21. The van der Waals surface area contributed by atoms with Crippen LogP contribution in [0.3, 0.4) is 0 Å². The van der Waals surface area contributed by atoms with Gasteiger partial charge in [0.2, 0.25) is 0 Å². The Labute approximate surface area is 72.1 Å². The number of hydrogen-bond donors (Lipinski definition) is 2. The third-order valence-electron chi connectivity index (χ3n) is 1.91. The van der Waals surface area contributed by atoms with E-state index < -0.39 is 0 Å². The Morgan fingerprint density at radius 2 is 2.33 bits per heavy atom. The quantitative estimate of drug-likeness (QED) is 0.708. The topological polar surface area (TPSA) is 63.9 Å². The lowest BCUT2D eigenvalue weighted by atomic mass is 10.0. The minimum absolute atomic E-state index is 0.194. The minimum Gasteiger partial charge on any atom is -0.396 e. The van der Waals surface area contributed by atoms with Gasteiger partial charge < -0.3 is 10.5 Å². The van der Waals surface area contributed by atoms with Crippen LogP contribution in [0.5, 0.6) is 0 Å². The third kappa shape index (κ3) is 1.98. The molecule has 12 heavy (non-hydrogen) atoms. The van der Waals surface area contributed by atoms with E-state index in [4.69, 9.17) is 10.5 Å². The maximum Gasteiger partial charge on any atom is 0.0731 e. The number of methoxy groups -OCH3 is 1. The van der Waals surface area contributed by atoms with Gasteiger partial charge in [-0.25, -0.2) is 0 Å². The molecule has 0 saturated heterocycles. The molecule has 1 rings (SSSR count). The van der Waals surface area contributed by atoms with Crippen molar-refractivity contribution in [1.82, 2.24) is 10.2 Å². The van der Waals surface area contributed by atoms with E-state index in [0.717, 1.165) is 12.1 Å². The zero-order valence-electron chi connectivity index (χ0n) is 7.72. The van der Waals surface area contributed by atoms with Crippen molar-refractivity contribution in [2.45, 2.75) is 25.9 Å². The molecule has 0 radical (unpaired) electrons. The van der Waals surface area contributed by atoms with E-state index in [1.807, 2.05) is 13.8 Å². The monoisotopic (exact) mass is 169 g/mol. The number of nitrogens with two attached hydrogens (primary N) is 1. The molecule has 0 unspecified atom stereocenters. The molecule has 3 N–H and O–H groups in total. The molecule has 0 aliphatic heterocycles. The van der Waals surface area contributed by atoms with Gasteiger partial charge >= 0.3 is 0 Å². The molecule has 68 valence electrons. The summed E-state index contributed by atoms with van der Waals surface area (Å²) in [5.41, 5.74) is 7.09. The zero-order valence-corrected chi connectivity index (χ0v) is 7.72. The van der Waals surface area contributed by atoms with Crippen molar-refractivity contribution in [3.63, 3.8) is 0 Å². The van der Waals surface area contributed by atoms with E-state index >= 15 is 0 Å². The van der Waals surface area contributed by atoms with Gasteiger partial charge in [-0.3, -0.25) is 5.10 Å². The van der Waals surface area contributed by atoms with Gasteiger partial charge in [0.25, 0.3) is 0 Å². The number of hydrogen-bond acceptors (Lipinski definition) is 3. The number of H-pyrrole nitrogens is 1. The number of aromatic nitrogens is 2. The predicted molar refractivity (Wildman–Crippen MR) is 47.8 cm³/mol. The highest BCUT2D eigenvalue weighted by Crippen LogP contribution is 2.17.